The Morgan fingerprint density at radius 1 is 1.24 bits per heavy atom. The van der Waals surface area contributed by atoms with E-state index in [-0.39, 0.29) is 5.84 Å². The second kappa shape index (κ2) is 5.91. The number of halogens is 1. The number of aromatic nitrogens is 1. The number of nitrogens with one attached hydrogen (secondary N) is 1. The van der Waals surface area contributed by atoms with Crippen LogP contribution in [0.1, 0.15) is 5.56 Å². The third kappa shape index (κ3) is 2.96. The van der Waals surface area contributed by atoms with Crippen molar-refractivity contribution in [3.63, 3.8) is 0 Å². The van der Waals surface area contributed by atoms with E-state index >= 15 is 0 Å². The zero-order valence-electron chi connectivity index (χ0n) is 11.4. The van der Waals surface area contributed by atoms with E-state index in [0.717, 1.165) is 37.0 Å². The SMILES string of the molecule is N=C(N)c1ccc(N2CCN(c3nccs3)CC2)cc1Cl. The van der Waals surface area contributed by atoms with Crippen molar-refractivity contribution in [1.82, 2.24) is 4.98 Å². The summed E-state index contributed by atoms with van der Waals surface area (Å²) in [6.07, 6.45) is 1.84. The van der Waals surface area contributed by atoms with Crippen LogP contribution in [0.2, 0.25) is 5.02 Å². The molecule has 7 heteroatoms. The minimum atomic E-state index is 0.000129. The lowest BCUT2D eigenvalue weighted by atomic mass is 10.1. The van der Waals surface area contributed by atoms with Crippen molar-refractivity contribution in [2.75, 3.05) is 36.0 Å². The van der Waals surface area contributed by atoms with E-state index in [1.165, 1.54) is 0 Å². The molecule has 1 aliphatic rings. The maximum absolute atomic E-state index is 7.46. The van der Waals surface area contributed by atoms with E-state index in [1.54, 1.807) is 11.3 Å². The summed E-state index contributed by atoms with van der Waals surface area (Å²) in [5, 5.41) is 11.1. The second-order valence-corrected chi connectivity index (χ2v) is 6.15. The van der Waals surface area contributed by atoms with Crippen LogP contribution >= 0.6 is 22.9 Å². The van der Waals surface area contributed by atoms with Gasteiger partial charge in [-0.25, -0.2) is 4.98 Å². The molecular weight excluding hydrogens is 306 g/mol. The summed E-state index contributed by atoms with van der Waals surface area (Å²) < 4.78 is 0. The van der Waals surface area contributed by atoms with Crippen molar-refractivity contribution in [3.8, 4) is 0 Å². The van der Waals surface area contributed by atoms with Gasteiger partial charge in [-0.3, -0.25) is 5.41 Å². The molecule has 3 rings (SSSR count). The Labute approximate surface area is 132 Å². The molecule has 0 aliphatic carbocycles. The van der Waals surface area contributed by atoms with Gasteiger partial charge in [0.15, 0.2) is 5.13 Å². The van der Waals surface area contributed by atoms with Crippen LogP contribution in [0.25, 0.3) is 0 Å². The van der Waals surface area contributed by atoms with Crippen LogP contribution in [0.3, 0.4) is 0 Å². The van der Waals surface area contributed by atoms with Crippen LogP contribution in [0.15, 0.2) is 29.8 Å². The first kappa shape index (κ1) is 14.2. The Balaban J connectivity index is 1.69. The molecule has 0 atom stereocenters. The first-order valence-corrected chi connectivity index (χ1v) is 7.94. The van der Waals surface area contributed by atoms with Gasteiger partial charge < -0.3 is 15.5 Å². The number of hydrogen-bond donors (Lipinski definition) is 2. The number of piperazine rings is 1. The zero-order valence-corrected chi connectivity index (χ0v) is 13.0. The summed E-state index contributed by atoms with van der Waals surface area (Å²) in [5.74, 6) is 0.000129. The van der Waals surface area contributed by atoms with Gasteiger partial charge in [0.25, 0.3) is 0 Å². The van der Waals surface area contributed by atoms with Gasteiger partial charge in [0, 0.05) is 49.0 Å². The molecule has 2 aromatic rings. The van der Waals surface area contributed by atoms with Crippen LogP contribution < -0.4 is 15.5 Å². The monoisotopic (exact) mass is 321 g/mol. The standard InChI is InChI=1S/C14H16ClN5S/c15-12-9-10(1-2-11(12)13(16)17)19-4-6-20(7-5-19)14-18-3-8-21-14/h1-3,8-9H,4-7H2,(H3,16,17). The van der Waals surface area contributed by atoms with Crippen molar-refractivity contribution in [3.05, 3.63) is 40.4 Å². The largest absolute Gasteiger partial charge is 0.384 e. The third-order valence-electron chi connectivity index (χ3n) is 3.58. The molecule has 0 radical (unpaired) electrons. The number of hydrogen-bond acceptors (Lipinski definition) is 5. The fourth-order valence-corrected chi connectivity index (χ4v) is 3.42. The maximum Gasteiger partial charge on any atom is 0.185 e. The molecule has 0 unspecified atom stereocenters. The number of nitrogens with two attached hydrogens (primary N) is 1. The number of nitrogen functional groups attached to an aromatic ring is 1. The highest BCUT2D eigenvalue weighted by Crippen LogP contribution is 2.26. The van der Waals surface area contributed by atoms with E-state index in [1.807, 2.05) is 29.8 Å². The Hall–Kier alpha value is -1.79. The smallest absolute Gasteiger partial charge is 0.185 e. The van der Waals surface area contributed by atoms with E-state index in [0.29, 0.717) is 10.6 Å². The number of thiazole rings is 1. The van der Waals surface area contributed by atoms with Crippen molar-refractivity contribution in [2.45, 2.75) is 0 Å². The number of anilines is 2. The second-order valence-electron chi connectivity index (χ2n) is 4.87. The molecule has 110 valence electrons. The highest BCUT2D eigenvalue weighted by Gasteiger charge is 2.19. The Morgan fingerprint density at radius 2 is 1.95 bits per heavy atom. The highest BCUT2D eigenvalue weighted by molar-refractivity contribution is 7.13. The predicted molar refractivity (Wildman–Crippen MR) is 89.0 cm³/mol. The van der Waals surface area contributed by atoms with Gasteiger partial charge in [0.2, 0.25) is 0 Å². The number of benzene rings is 1. The molecule has 0 saturated carbocycles. The molecule has 2 heterocycles. The molecule has 0 spiro atoms. The fraction of sp³-hybridized carbons (Fsp3) is 0.286. The summed E-state index contributed by atoms with van der Waals surface area (Å²) >= 11 is 7.86. The van der Waals surface area contributed by atoms with E-state index in [9.17, 15) is 0 Å². The van der Waals surface area contributed by atoms with Gasteiger partial charge >= 0.3 is 0 Å². The van der Waals surface area contributed by atoms with E-state index < -0.39 is 0 Å². The van der Waals surface area contributed by atoms with Crippen LogP contribution in [0.4, 0.5) is 10.8 Å². The minimum Gasteiger partial charge on any atom is -0.384 e. The third-order valence-corrected chi connectivity index (χ3v) is 4.72. The molecule has 1 aromatic carbocycles. The molecule has 1 saturated heterocycles. The minimum absolute atomic E-state index is 0.000129. The molecule has 1 aromatic heterocycles. The van der Waals surface area contributed by atoms with E-state index in [4.69, 9.17) is 22.7 Å². The predicted octanol–water partition coefficient (Wildman–Crippen LogP) is 2.41. The number of rotatable bonds is 3. The average molecular weight is 322 g/mol. The molecular formula is C14H16ClN5S. The van der Waals surface area contributed by atoms with Gasteiger partial charge in [-0.1, -0.05) is 11.6 Å². The lowest BCUT2D eigenvalue weighted by Gasteiger charge is -2.36. The molecule has 3 N–H and O–H groups in total. The van der Waals surface area contributed by atoms with Crippen LogP contribution in [0.5, 0.6) is 0 Å². The summed E-state index contributed by atoms with van der Waals surface area (Å²) in [4.78, 5) is 8.94. The summed E-state index contributed by atoms with van der Waals surface area (Å²) in [6.45, 7) is 3.74. The van der Waals surface area contributed by atoms with E-state index in [2.05, 4.69) is 14.8 Å². The first-order chi connectivity index (χ1) is 10.1. The summed E-state index contributed by atoms with van der Waals surface area (Å²) in [6, 6.07) is 5.67. The number of amidine groups is 1. The number of nitrogens with zero attached hydrogens (tertiary/aromatic N) is 3. The quantitative estimate of drug-likeness (QED) is 0.673. The molecule has 0 bridgehead atoms. The highest BCUT2D eigenvalue weighted by atomic mass is 35.5. The van der Waals surface area contributed by atoms with Gasteiger partial charge in [-0.15, -0.1) is 11.3 Å². The molecule has 0 amide bonds. The van der Waals surface area contributed by atoms with Crippen LogP contribution in [-0.4, -0.2) is 37.0 Å². The molecule has 1 fully saturated rings. The van der Waals surface area contributed by atoms with Crippen molar-refractivity contribution in [2.24, 2.45) is 5.73 Å². The lowest BCUT2D eigenvalue weighted by Crippen LogP contribution is -2.46. The van der Waals surface area contributed by atoms with Gasteiger partial charge in [-0.05, 0) is 18.2 Å². The Bertz CT molecular complexity index is 635. The fourth-order valence-electron chi connectivity index (χ4n) is 2.45. The molecule has 5 nitrogen and oxygen atoms in total. The molecule has 1 aliphatic heterocycles. The lowest BCUT2D eigenvalue weighted by molar-refractivity contribution is 0.652. The van der Waals surface area contributed by atoms with Crippen LogP contribution in [-0.2, 0) is 0 Å². The topological polar surface area (TPSA) is 69.2 Å². The first-order valence-electron chi connectivity index (χ1n) is 6.68. The van der Waals surface area contributed by atoms with Gasteiger partial charge in [-0.2, -0.15) is 0 Å². The van der Waals surface area contributed by atoms with Gasteiger partial charge in [0.05, 0.1) is 5.02 Å². The zero-order chi connectivity index (χ0) is 14.8. The van der Waals surface area contributed by atoms with Crippen molar-refractivity contribution in [1.29, 1.82) is 5.41 Å². The van der Waals surface area contributed by atoms with Crippen molar-refractivity contribution < 1.29 is 0 Å². The normalized spacial score (nSPS) is 15.3. The summed E-state index contributed by atoms with van der Waals surface area (Å²) in [5.41, 5.74) is 7.15. The summed E-state index contributed by atoms with van der Waals surface area (Å²) in [7, 11) is 0. The van der Waals surface area contributed by atoms with Crippen LogP contribution in [0, 0.1) is 5.41 Å². The maximum atomic E-state index is 7.46. The van der Waals surface area contributed by atoms with Crippen molar-refractivity contribution >= 4 is 39.6 Å². The Kier molecular flexibility index (Phi) is 3.98. The molecule has 21 heavy (non-hydrogen) atoms. The van der Waals surface area contributed by atoms with Gasteiger partial charge in [0.1, 0.15) is 5.84 Å². The average Bonchev–Trinajstić information content (AvgIpc) is 3.01. The Morgan fingerprint density at radius 3 is 2.52 bits per heavy atom.